The van der Waals surface area contributed by atoms with Crippen LogP contribution in [0.4, 0.5) is 11.4 Å². The lowest BCUT2D eigenvalue weighted by Crippen LogP contribution is -2.30. The summed E-state index contributed by atoms with van der Waals surface area (Å²) < 4.78 is 0. The van der Waals surface area contributed by atoms with E-state index in [1.807, 2.05) is 42.2 Å². The van der Waals surface area contributed by atoms with Gasteiger partial charge in [-0.2, -0.15) is 0 Å². The van der Waals surface area contributed by atoms with E-state index in [2.05, 4.69) is 6.07 Å². The zero-order valence-electron chi connectivity index (χ0n) is 11.9. The minimum absolute atomic E-state index is 0.0603. The zero-order valence-corrected chi connectivity index (χ0v) is 12.7. The third-order valence-corrected chi connectivity index (χ3v) is 4.33. The number of amides is 1. The van der Waals surface area contributed by atoms with Gasteiger partial charge in [0.1, 0.15) is 0 Å². The van der Waals surface area contributed by atoms with Crippen LogP contribution in [0.25, 0.3) is 0 Å². The molecule has 2 aromatic rings. The van der Waals surface area contributed by atoms with E-state index in [0.29, 0.717) is 18.0 Å². The molecule has 0 aromatic heterocycles. The first-order valence-corrected chi connectivity index (χ1v) is 7.37. The molecule has 0 spiro atoms. The van der Waals surface area contributed by atoms with E-state index in [4.69, 9.17) is 17.3 Å². The molecule has 1 aliphatic rings. The summed E-state index contributed by atoms with van der Waals surface area (Å²) in [6.45, 7) is 2.70. The van der Waals surface area contributed by atoms with Gasteiger partial charge in [-0.1, -0.05) is 35.9 Å². The summed E-state index contributed by atoms with van der Waals surface area (Å²) >= 11 is 6.13. The van der Waals surface area contributed by atoms with Gasteiger partial charge in [-0.25, -0.2) is 0 Å². The zero-order chi connectivity index (χ0) is 15.0. The average molecular weight is 301 g/mol. The van der Waals surface area contributed by atoms with Crippen LogP contribution in [-0.2, 0) is 17.6 Å². The Kier molecular flexibility index (Phi) is 3.60. The molecule has 0 saturated heterocycles. The number of benzene rings is 2. The van der Waals surface area contributed by atoms with Crippen molar-refractivity contribution in [3.8, 4) is 0 Å². The predicted molar refractivity (Wildman–Crippen MR) is 86.8 cm³/mol. The second kappa shape index (κ2) is 5.41. The van der Waals surface area contributed by atoms with Crippen LogP contribution >= 0.6 is 11.6 Å². The van der Waals surface area contributed by atoms with Crippen molar-refractivity contribution in [1.29, 1.82) is 0 Å². The molecule has 4 heteroatoms. The van der Waals surface area contributed by atoms with Crippen molar-refractivity contribution >= 4 is 28.9 Å². The van der Waals surface area contributed by atoms with Crippen LogP contribution in [0.2, 0.25) is 5.02 Å². The summed E-state index contributed by atoms with van der Waals surface area (Å²) in [5, 5.41) is 0.633. The first-order valence-electron chi connectivity index (χ1n) is 6.99. The maximum Gasteiger partial charge on any atom is 0.231 e. The highest BCUT2D eigenvalue weighted by atomic mass is 35.5. The van der Waals surface area contributed by atoms with Crippen LogP contribution in [0.1, 0.15) is 16.7 Å². The molecule has 1 amide bonds. The summed E-state index contributed by atoms with van der Waals surface area (Å²) in [6, 6.07) is 11.4. The SMILES string of the molecule is Cc1cc2c(cc1N)N(C(=O)Cc1ccccc1Cl)CC2. The van der Waals surface area contributed by atoms with E-state index in [1.54, 1.807) is 0 Å². The first-order chi connectivity index (χ1) is 10.1. The van der Waals surface area contributed by atoms with Crippen molar-refractivity contribution in [3.05, 3.63) is 58.1 Å². The minimum atomic E-state index is 0.0603. The van der Waals surface area contributed by atoms with Gasteiger partial charge in [0, 0.05) is 22.9 Å². The fourth-order valence-electron chi connectivity index (χ4n) is 2.74. The van der Waals surface area contributed by atoms with Crippen LogP contribution in [-0.4, -0.2) is 12.5 Å². The molecule has 0 saturated carbocycles. The van der Waals surface area contributed by atoms with E-state index in [0.717, 1.165) is 28.9 Å². The van der Waals surface area contributed by atoms with Gasteiger partial charge in [0.05, 0.1) is 6.42 Å². The topological polar surface area (TPSA) is 46.3 Å². The van der Waals surface area contributed by atoms with E-state index >= 15 is 0 Å². The number of hydrogen-bond acceptors (Lipinski definition) is 2. The molecule has 0 bridgehead atoms. The molecule has 0 fully saturated rings. The number of nitrogens with two attached hydrogens (primary N) is 1. The fraction of sp³-hybridized carbons (Fsp3) is 0.235. The molecule has 1 heterocycles. The molecule has 108 valence electrons. The lowest BCUT2D eigenvalue weighted by molar-refractivity contribution is -0.117. The van der Waals surface area contributed by atoms with Crippen molar-refractivity contribution in [3.63, 3.8) is 0 Å². The van der Waals surface area contributed by atoms with Crippen LogP contribution in [0.5, 0.6) is 0 Å². The van der Waals surface area contributed by atoms with Gasteiger partial charge in [0.25, 0.3) is 0 Å². The number of carbonyl (C=O) groups excluding carboxylic acids is 1. The normalized spacial score (nSPS) is 13.3. The number of nitrogen functional groups attached to an aromatic ring is 1. The largest absolute Gasteiger partial charge is 0.398 e. The Bertz CT molecular complexity index is 712. The van der Waals surface area contributed by atoms with Crippen LogP contribution in [0.15, 0.2) is 36.4 Å². The highest BCUT2D eigenvalue weighted by Crippen LogP contribution is 2.32. The highest BCUT2D eigenvalue weighted by molar-refractivity contribution is 6.31. The molecule has 2 N–H and O–H groups in total. The summed E-state index contributed by atoms with van der Waals surface area (Å²) in [4.78, 5) is 14.4. The van der Waals surface area contributed by atoms with Crippen molar-refractivity contribution in [2.24, 2.45) is 0 Å². The quantitative estimate of drug-likeness (QED) is 0.864. The van der Waals surface area contributed by atoms with Crippen LogP contribution < -0.4 is 10.6 Å². The standard InChI is InChI=1S/C17H17ClN2O/c1-11-8-13-6-7-20(16(13)10-15(11)19)17(21)9-12-4-2-3-5-14(12)18/h2-5,8,10H,6-7,9,19H2,1H3. The summed E-state index contributed by atoms with van der Waals surface area (Å²) in [6.07, 6.45) is 1.19. The van der Waals surface area contributed by atoms with Gasteiger partial charge < -0.3 is 10.6 Å². The number of hydrogen-bond donors (Lipinski definition) is 1. The number of carbonyl (C=O) groups is 1. The van der Waals surface area contributed by atoms with Crippen molar-refractivity contribution in [1.82, 2.24) is 0 Å². The van der Waals surface area contributed by atoms with Crippen molar-refractivity contribution < 1.29 is 4.79 Å². The van der Waals surface area contributed by atoms with Crippen molar-refractivity contribution in [2.45, 2.75) is 19.8 Å². The molecule has 2 aromatic carbocycles. The Morgan fingerprint density at radius 1 is 1.33 bits per heavy atom. The second-order valence-electron chi connectivity index (χ2n) is 5.40. The Balaban J connectivity index is 1.86. The van der Waals surface area contributed by atoms with Gasteiger partial charge in [0.2, 0.25) is 5.91 Å². The first kappa shape index (κ1) is 14.0. The monoisotopic (exact) mass is 300 g/mol. The van der Waals surface area contributed by atoms with Crippen LogP contribution in [0.3, 0.4) is 0 Å². The second-order valence-corrected chi connectivity index (χ2v) is 5.81. The van der Waals surface area contributed by atoms with Gasteiger partial charge in [-0.05, 0) is 42.2 Å². The molecular formula is C17H17ClN2O. The number of aryl methyl sites for hydroxylation is 1. The van der Waals surface area contributed by atoms with E-state index in [-0.39, 0.29) is 5.91 Å². The van der Waals surface area contributed by atoms with Crippen LogP contribution in [0, 0.1) is 6.92 Å². The van der Waals surface area contributed by atoms with Gasteiger partial charge >= 0.3 is 0 Å². The molecule has 0 unspecified atom stereocenters. The number of fused-ring (bicyclic) bond motifs is 1. The fourth-order valence-corrected chi connectivity index (χ4v) is 2.94. The Morgan fingerprint density at radius 2 is 2.10 bits per heavy atom. The molecule has 1 aliphatic heterocycles. The Morgan fingerprint density at radius 3 is 2.86 bits per heavy atom. The third-order valence-electron chi connectivity index (χ3n) is 3.96. The number of anilines is 2. The maximum absolute atomic E-state index is 12.6. The predicted octanol–water partition coefficient (Wildman–Crippen LogP) is 3.36. The van der Waals surface area contributed by atoms with Crippen molar-refractivity contribution in [2.75, 3.05) is 17.2 Å². The lowest BCUT2D eigenvalue weighted by atomic mass is 10.1. The third kappa shape index (κ3) is 2.61. The Labute approximate surface area is 129 Å². The highest BCUT2D eigenvalue weighted by Gasteiger charge is 2.25. The minimum Gasteiger partial charge on any atom is -0.398 e. The average Bonchev–Trinajstić information content (AvgIpc) is 2.85. The van der Waals surface area contributed by atoms with Gasteiger partial charge in [-0.3, -0.25) is 4.79 Å². The van der Waals surface area contributed by atoms with E-state index in [1.165, 1.54) is 5.56 Å². The molecule has 0 atom stereocenters. The number of nitrogens with zero attached hydrogens (tertiary/aromatic N) is 1. The van der Waals surface area contributed by atoms with Gasteiger partial charge in [0.15, 0.2) is 0 Å². The number of rotatable bonds is 2. The van der Waals surface area contributed by atoms with E-state index < -0.39 is 0 Å². The van der Waals surface area contributed by atoms with Gasteiger partial charge in [-0.15, -0.1) is 0 Å². The molecule has 21 heavy (non-hydrogen) atoms. The molecule has 3 rings (SSSR count). The Hall–Kier alpha value is -2.00. The molecule has 3 nitrogen and oxygen atoms in total. The molecular weight excluding hydrogens is 284 g/mol. The van der Waals surface area contributed by atoms with E-state index in [9.17, 15) is 4.79 Å². The lowest BCUT2D eigenvalue weighted by Gasteiger charge is -2.18. The number of halogens is 1. The molecule has 0 radical (unpaired) electrons. The maximum atomic E-state index is 12.6. The molecule has 0 aliphatic carbocycles. The smallest absolute Gasteiger partial charge is 0.231 e. The summed E-state index contributed by atoms with van der Waals surface area (Å²) in [5.41, 5.74) is 10.8. The summed E-state index contributed by atoms with van der Waals surface area (Å²) in [5.74, 6) is 0.0603. The summed E-state index contributed by atoms with van der Waals surface area (Å²) in [7, 11) is 0.